The van der Waals surface area contributed by atoms with Gasteiger partial charge < -0.3 is 15.0 Å². The minimum absolute atomic E-state index is 0.225. The number of rotatable bonds is 4. The van der Waals surface area contributed by atoms with Crippen molar-refractivity contribution in [2.75, 3.05) is 11.9 Å². The summed E-state index contributed by atoms with van der Waals surface area (Å²) in [5, 5.41) is -4.74. The first-order valence-corrected chi connectivity index (χ1v) is 10.7. The van der Waals surface area contributed by atoms with E-state index in [2.05, 4.69) is 20.3 Å². The zero-order valence-electron chi connectivity index (χ0n) is 18.2. The van der Waals surface area contributed by atoms with Crippen LogP contribution in [0.5, 0.6) is 0 Å². The molecule has 0 aliphatic carbocycles. The highest BCUT2D eigenvalue weighted by molar-refractivity contribution is 7.15. The second kappa shape index (κ2) is 8.35. The molecule has 4 heterocycles. The Morgan fingerprint density at radius 1 is 0.971 bits per heavy atom. The number of hydrogen-bond donors (Lipinski definition) is 1. The molecule has 150 valence electrons. The van der Waals surface area contributed by atoms with Gasteiger partial charge >= 0.3 is 0 Å². The number of fused-ring (bicyclic) bond motifs is 1. The predicted octanol–water partition coefficient (Wildman–Crippen LogP) is -1.70. The summed E-state index contributed by atoms with van der Waals surface area (Å²) < 4.78 is 5.13. The number of carbonyl (C=O) groups excluding carboxylic acids is 1. The molecule has 1 aliphatic rings. The van der Waals surface area contributed by atoms with Crippen LogP contribution in [0.3, 0.4) is 0 Å². The summed E-state index contributed by atoms with van der Waals surface area (Å²) in [5.74, 6) is -0.425. The molecule has 4 rings (SSSR count). The fourth-order valence-electron chi connectivity index (χ4n) is 3.49. The lowest BCUT2D eigenvalue weighted by Gasteiger charge is -2.70. The van der Waals surface area contributed by atoms with E-state index in [-0.39, 0.29) is 5.82 Å². The molecule has 34 heavy (non-hydrogen) atoms. The standard InChI is InChI=1S/C18H11B8N5O2S/c1-8-27-6-12(34-8)10-2-9-3-13(29-5-11(9)28-4-10)30-14(32)7-31-15(19,20)17(23,24)33-18(25,26)16(31,21)22/h2-6H,7H2,1H3,(H,29,30,32). The molecule has 1 N–H and O–H groups in total. The van der Waals surface area contributed by atoms with Crippen molar-refractivity contribution in [3.63, 3.8) is 0 Å². The van der Waals surface area contributed by atoms with E-state index < -0.39 is 33.9 Å². The molecular formula is C18H11B8N5O2S. The third kappa shape index (κ3) is 4.29. The number of amides is 1. The monoisotopic (exact) mass is 449 g/mol. The summed E-state index contributed by atoms with van der Waals surface area (Å²) in [6.45, 7) is 1.33. The lowest BCUT2D eigenvalue weighted by molar-refractivity contribution is -0.131. The molecule has 0 saturated carbocycles. The third-order valence-electron chi connectivity index (χ3n) is 5.53. The molecule has 1 fully saturated rings. The van der Waals surface area contributed by atoms with E-state index in [1.54, 1.807) is 29.8 Å². The van der Waals surface area contributed by atoms with Gasteiger partial charge in [-0.1, -0.05) is 0 Å². The number of ether oxygens (including phenoxy) is 1. The van der Waals surface area contributed by atoms with Gasteiger partial charge in [0.25, 0.3) is 0 Å². The molecule has 3 aromatic heterocycles. The topological polar surface area (TPSA) is 80.2 Å². The number of anilines is 1. The number of hydrogen-bond acceptors (Lipinski definition) is 7. The van der Waals surface area contributed by atoms with Crippen LogP contribution < -0.4 is 5.32 Å². The second-order valence-electron chi connectivity index (χ2n) is 8.20. The first-order chi connectivity index (χ1) is 15.6. The normalized spacial score (nSPS) is 20.6. The first kappa shape index (κ1) is 25.2. The molecule has 1 aliphatic heterocycles. The van der Waals surface area contributed by atoms with Crippen LogP contribution in [-0.2, 0) is 9.53 Å². The molecule has 0 unspecified atom stereocenters. The van der Waals surface area contributed by atoms with Gasteiger partial charge in [0.05, 0.1) is 90.9 Å². The van der Waals surface area contributed by atoms with Crippen molar-refractivity contribution in [2.45, 2.75) is 28.4 Å². The van der Waals surface area contributed by atoms with E-state index in [9.17, 15) is 4.79 Å². The van der Waals surface area contributed by atoms with E-state index in [0.29, 0.717) is 5.52 Å². The second-order valence-corrected chi connectivity index (χ2v) is 9.44. The average molecular weight is 448 g/mol. The Kier molecular flexibility index (Phi) is 6.19. The van der Waals surface area contributed by atoms with Gasteiger partial charge in [-0.25, -0.2) is 9.97 Å². The van der Waals surface area contributed by atoms with Crippen molar-refractivity contribution < 1.29 is 9.53 Å². The number of thiazole rings is 1. The minimum atomic E-state index is -2.29. The van der Waals surface area contributed by atoms with E-state index >= 15 is 0 Å². The predicted molar refractivity (Wildman–Crippen MR) is 139 cm³/mol. The Hall–Kier alpha value is -1.90. The van der Waals surface area contributed by atoms with Crippen LogP contribution in [0.25, 0.3) is 21.3 Å². The average Bonchev–Trinajstić information content (AvgIpc) is 3.16. The summed E-state index contributed by atoms with van der Waals surface area (Å²) in [4.78, 5) is 27.6. The molecule has 0 spiro atoms. The van der Waals surface area contributed by atoms with Gasteiger partial charge in [0.15, 0.2) is 0 Å². The summed E-state index contributed by atoms with van der Waals surface area (Å²) >= 11 is 1.54. The highest BCUT2D eigenvalue weighted by atomic mass is 32.1. The number of nitrogens with zero attached hydrogens (tertiary/aromatic N) is 4. The molecule has 16 heteroatoms. The lowest BCUT2D eigenvalue weighted by Crippen LogP contribution is -2.86. The molecule has 3 aromatic rings. The number of pyridine rings is 2. The van der Waals surface area contributed by atoms with Crippen molar-refractivity contribution in [3.8, 4) is 10.4 Å². The van der Waals surface area contributed by atoms with Crippen LogP contribution in [0.1, 0.15) is 5.01 Å². The number of aromatic nitrogens is 3. The molecule has 16 radical (unpaired) electrons. The molecule has 7 nitrogen and oxygen atoms in total. The molecule has 0 atom stereocenters. The number of aryl methyl sites for hydroxylation is 1. The maximum Gasteiger partial charge on any atom is 0.239 e. The summed E-state index contributed by atoms with van der Waals surface area (Å²) in [6.07, 6.45) is 5.02. The van der Waals surface area contributed by atoms with Crippen molar-refractivity contribution in [3.05, 3.63) is 35.7 Å². The molecule has 0 bridgehead atoms. The molecule has 1 saturated heterocycles. The maximum atomic E-state index is 12.9. The SMILES string of the molecule is [B]C1([B])OC([B])([B])C([B])([B])N(CC(=O)Nc2cc3cc(-c4cnc(C)s4)cnc3cn2)C1([B])[B]. The van der Waals surface area contributed by atoms with Crippen LogP contribution in [0.15, 0.2) is 30.7 Å². The highest BCUT2D eigenvalue weighted by Gasteiger charge is 2.57. The lowest BCUT2D eigenvalue weighted by atomic mass is 9.30. The third-order valence-corrected chi connectivity index (χ3v) is 6.49. The zero-order chi connectivity index (χ0) is 25.1. The van der Waals surface area contributed by atoms with Crippen molar-refractivity contribution in [1.29, 1.82) is 0 Å². The number of morpholine rings is 1. The summed E-state index contributed by atoms with van der Waals surface area (Å²) in [6, 6.07) is 3.57. The maximum absolute atomic E-state index is 12.9. The Morgan fingerprint density at radius 3 is 2.21 bits per heavy atom. The molecule has 1 amide bonds. The summed E-state index contributed by atoms with van der Waals surface area (Å²) in [7, 11) is 47.5. The number of nitrogens with one attached hydrogen (secondary N) is 1. The van der Waals surface area contributed by atoms with E-state index in [4.69, 9.17) is 67.5 Å². The quantitative estimate of drug-likeness (QED) is 0.480. The Bertz CT molecular complexity index is 1240. The van der Waals surface area contributed by atoms with Crippen LogP contribution in [0.2, 0.25) is 0 Å². The Balaban J connectivity index is 1.58. The van der Waals surface area contributed by atoms with Crippen LogP contribution >= 0.6 is 11.3 Å². The fourth-order valence-corrected chi connectivity index (χ4v) is 4.25. The molecule has 0 aromatic carbocycles. The van der Waals surface area contributed by atoms with Gasteiger partial charge in [0.2, 0.25) is 5.91 Å². The van der Waals surface area contributed by atoms with E-state index in [1.165, 1.54) is 6.20 Å². The Morgan fingerprint density at radius 2 is 1.62 bits per heavy atom. The van der Waals surface area contributed by atoms with Gasteiger partial charge in [-0.2, -0.15) is 0 Å². The van der Waals surface area contributed by atoms with Crippen molar-refractivity contribution in [2.24, 2.45) is 0 Å². The van der Waals surface area contributed by atoms with Crippen LogP contribution in [0, 0.1) is 6.92 Å². The van der Waals surface area contributed by atoms with E-state index in [1.807, 2.05) is 13.0 Å². The van der Waals surface area contributed by atoms with Gasteiger partial charge in [-0.3, -0.25) is 9.78 Å². The fraction of sp³-hybridized carbons (Fsp3) is 0.333. The van der Waals surface area contributed by atoms with Gasteiger partial charge in [-0.05, 0) is 40.5 Å². The van der Waals surface area contributed by atoms with E-state index in [0.717, 1.165) is 25.7 Å². The van der Waals surface area contributed by atoms with Crippen molar-refractivity contribution in [1.82, 2.24) is 19.9 Å². The highest BCUT2D eigenvalue weighted by Crippen LogP contribution is 2.39. The van der Waals surface area contributed by atoms with Crippen LogP contribution in [-0.4, -0.2) is 117 Å². The smallest absolute Gasteiger partial charge is 0.239 e. The van der Waals surface area contributed by atoms with Gasteiger partial charge in [0, 0.05) is 23.3 Å². The minimum Gasteiger partial charge on any atom is -0.406 e. The van der Waals surface area contributed by atoms with Gasteiger partial charge in [0.1, 0.15) is 5.82 Å². The summed E-state index contributed by atoms with van der Waals surface area (Å²) in [5.41, 5.74) is 1.51. The zero-order valence-corrected chi connectivity index (χ0v) is 19.0. The van der Waals surface area contributed by atoms with Crippen molar-refractivity contribution >= 4 is 96.7 Å². The number of carbonyl (C=O) groups is 1. The van der Waals surface area contributed by atoms with Gasteiger partial charge in [-0.15, -0.1) is 11.3 Å². The Labute approximate surface area is 212 Å². The van der Waals surface area contributed by atoms with Crippen LogP contribution in [0.4, 0.5) is 5.82 Å². The molecular weight excluding hydrogens is 437 g/mol. The first-order valence-electron chi connectivity index (χ1n) is 9.91. The largest absolute Gasteiger partial charge is 0.406 e.